The van der Waals surface area contributed by atoms with E-state index in [-0.39, 0.29) is 38.8 Å². The first-order chi connectivity index (χ1) is 12.3. The SMILES string of the molecule is CN1C(=O)[C@@H](N)COc2ccc(OCCOC(=O)N3CC(C)(O)C3)cc21. The van der Waals surface area contributed by atoms with Gasteiger partial charge in [-0.05, 0) is 19.1 Å². The van der Waals surface area contributed by atoms with Crippen molar-refractivity contribution in [3.05, 3.63) is 18.2 Å². The van der Waals surface area contributed by atoms with Gasteiger partial charge in [-0.15, -0.1) is 0 Å². The van der Waals surface area contributed by atoms with Crippen molar-refractivity contribution in [2.24, 2.45) is 5.73 Å². The first-order valence-corrected chi connectivity index (χ1v) is 8.34. The molecule has 3 N–H and O–H groups in total. The number of nitrogens with two attached hydrogens (primary N) is 1. The molecule has 0 radical (unpaired) electrons. The Balaban J connectivity index is 1.50. The molecule has 2 heterocycles. The summed E-state index contributed by atoms with van der Waals surface area (Å²) in [5.74, 6) is 0.836. The summed E-state index contributed by atoms with van der Waals surface area (Å²) < 4.78 is 16.2. The third-order valence-electron chi connectivity index (χ3n) is 4.26. The number of hydrogen-bond donors (Lipinski definition) is 2. The van der Waals surface area contributed by atoms with Gasteiger partial charge in [0.1, 0.15) is 37.4 Å². The summed E-state index contributed by atoms with van der Waals surface area (Å²) in [7, 11) is 1.63. The van der Waals surface area contributed by atoms with Crippen molar-refractivity contribution in [1.82, 2.24) is 4.90 Å². The number of β-amino-alcohol motifs (C(OH)–C–C–N with tert-alkyl or cyclic N) is 1. The topological polar surface area (TPSA) is 115 Å². The zero-order valence-electron chi connectivity index (χ0n) is 14.8. The number of ether oxygens (including phenoxy) is 3. The standard InChI is InChI=1S/C17H23N3O6/c1-17(23)9-20(10-17)16(22)25-6-5-24-11-3-4-14-13(7-11)19(2)15(21)12(18)8-26-14/h3-4,7,12,23H,5-6,8-10,18H2,1-2H3/t12-/m0/s1. The molecule has 1 atom stereocenters. The fourth-order valence-corrected chi connectivity index (χ4v) is 2.87. The van der Waals surface area contributed by atoms with E-state index in [1.807, 2.05) is 0 Å². The average molecular weight is 365 g/mol. The molecule has 2 aliphatic heterocycles. The van der Waals surface area contributed by atoms with Gasteiger partial charge < -0.3 is 34.9 Å². The number of anilines is 1. The van der Waals surface area contributed by atoms with Crippen molar-refractivity contribution < 1.29 is 28.9 Å². The molecular weight excluding hydrogens is 342 g/mol. The van der Waals surface area contributed by atoms with E-state index >= 15 is 0 Å². The zero-order valence-corrected chi connectivity index (χ0v) is 14.8. The summed E-state index contributed by atoms with van der Waals surface area (Å²) in [6.07, 6.45) is -0.477. The van der Waals surface area contributed by atoms with E-state index in [2.05, 4.69) is 0 Å². The highest BCUT2D eigenvalue weighted by Crippen LogP contribution is 2.34. The minimum absolute atomic E-state index is 0.0741. The molecule has 0 bridgehead atoms. The lowest BCUT2D eigenvalue weighted by Crippen LogP contribution is -2.61. The molecule has 1 aromatic carbocycles. The number of likely N-dealkylation sites (tertiary alicyclic amines) is 1. The molecule has 9 nitrogen and oxygen atoms in total. The number of carbonyl (C=O) groups is 2. The number of amides is 2. The second-order valence-corrected chi connectivity index (χ2v) is 6.76. The number of likely N-dealkylation sites (N-methyl/N-ethyl adjacent to an activating group) is 1. The number of carbonyl (C=O) groups excluding carboxylic acids is 2. The van der Waals surface area contributed by atoms with E-state index in [1.165, 1.54) is 9.80 Å². The number of nitrogens with zero attached hydrogens (tertiary/aromatic N) is 2. The molecule has 1 aromatic rings. The van der Waals surface area contributed by atoms with E-state index < -0.39 is 17.7 Å². The van der Waals surface area contributed by atoms with E-state index in [4.69, 9.17) is 19.9 Å². The van der Waals surface area contributed by atoms with Crippen molar-refractivity contribution in [2.75, 3.05) is 44.9 Å². The van der Waals surface area contributed by atoms with Crippen molar-refractivity contribution in [2.45, 2.75) is 18.6 Å². The lowest BCUT2D eigenvalue weighted by Gasteiger charge is -2.43. The first-order valence-electron chi connectivity index (χ1n) is 8.34. The van der Waals surface area contributed by atoms with Crippen LogP contribution in [-0.4, -0.2) is 73.6 Å². The smallest absolute Gasteiger partial charge is 0.410 e. The second-order valence-electron chi connectivity index (χ2n) is 6.76. The van der Waals surface area contributed by atoms with Crippen LogP contribution in [0.15, 0.2) is 18.2 Å². The lowest BCUT2D eigenvalue weighted by atomic mass is 9.98. The number of hydrogen-bond acceptors (Lipinski definition) is 7. The quantitative estimate of drug-likeness (QED) is 0.719. The molecule has 0 unspecified atom stereocenters. The third kappa shape index (κ3) is 3.83. The van der Waals surface area contributed by atoms with E-state index in [1.54, 1.807) is 32.2 Å². The Hall–Kier alpha value is -2.52. The van der Waals surface area contributed by atoms with Crippen LogP contribution in [-0.2, 0) is 9.53 Å². The largest absolute Gasteiger partial charge is 0.490 e. The van der Waals surface area contributed by atoms with Gasteiger partial charge in [0.05, 0.1) is 24.4 Å². The fraction of sp³-hybridized carbons (Fsp3) is 0.529. The molecule has 2 amide bonds. The zero-order chi connectivity index (χ0) is 18.9. The summed E-state index contributed by atoms with van der Waals surface area (Å²) in [4.78, 5) is 26.7. The van der Waals surface area contributed by atoms with E-state index in [0.717, 1.165) is 0 Å². The van der Waals surface area contributed by atoms with E-state index in [0.29, 0.717) is 17.2 Å². The molecule has 0 aromatic heterocycles. The summed E-state index contributed by atoms with van der Waals surface area (Å²) in [6, 6.07) is 4.39. The normalized spacial score (nSPS) is 21.2. The van der Waals surface area contributed by atoms with Gasteiger partial charge in [-0.3, -0.25) is 4.79 Å². The van der Waals surface area contributed by atoms with Gasteiger partial charge in [0.25, 0.3) is 0 Å². The molecule has 2 aliphatic rings. The van der Waals surface area contributed by atoms with Gasteiger partial charge >= 0.3 is 6.09 Å². The molecule has 1 fully saturated rings. The van der Waals surface area contributed by atoms with Crippen LogP contribution >= 0.6 is 0 Å². The van der Waals surface area contributed by atoms with Crippen LogP contribution in [0.4, 0.5) is 10.5 Å². The van der Waals surface area contributed by atoms with Gasteiger partial charge in [0, 0.05) is 13.1 Å². The maximum Gasteiger partial charge on any atom is 0.410 e. The Morgan fingerprint density at radius 2 is 2.15 bits per heavy atom. The number of aliphatic hydroxyl groups is 1. The summed E-state index contributed by atoms with van der Waals surface area (Å²) in [5.41, 5.74) is 5.50. The minimum Gasteiger partial charge on any atom is -0.490 e. The van der Waals surface area contributed by atoms with Gasteiger partial charge in [0.2, 0.25) is 5.91 Å². The lowest BCUT2D eigenvalue weighted by molar-refractivity contribution is -0.119. The fourth-order valence-electron chi connectivity index (χ4n) is 2.87. The first kappa shape index (κ1) is 18.3. The maximum absolute atomic E-state index is 12.1. The number of fused-ring (bicyclic) bond motifs is 1. The molecule has 26 heavy (non-hydrogen) atoms. The van der Waals surface area contributed by atoms with Crippen LogP contribution in [0.3, 0.4) is 0 Å². The van der Waals surface area contributed by atoms with Gasteiger partial charge in [-0.1, -0.05) is 0 Å². The molecule has 142 valence electrons. The van der Waals surface area contributed by atoms with Crippen molar-refractivity contribution in [1.29, 1.82) is 0 Å². The van der Waals surface area contributed by atoms with Gasteiger partial charge in [-0.25, -0.2) is 4.79 Å². The number of rotatable bonds is 4. The predicted octanol–water partition coefficient (Wildman–Crippen LogP) is -0.0489. The molecule has 0 aliphatic carbocycles. The Kier molecular flexibility index (Phi) is 4.92. The maximum atomic E-state index is 12.1. The minimum atomic E-state index is -0.828. The third-order valence-corrected chi connectivity index (χ3v) is 4.26. The van der Waals surface area contributed by atoms with Crippen LogP contribution in [0.25, 0.3) is 0 Å². The molecule has 0 spiro atoms. The highest BCUT2D eigenvalue weighted by atomic mass is 16.6. The van der Waals surface area contributed by atoms with Crippen LogP contribution < -0.4 is 20.1 Å². The average Bonchev–Trinajstić information content (AvgIpc) is 2.69. The Morgan fingerprint density at radius 3 is 2.85 bits per heavy atom. The number of benzene rings is 1. The summed E-state index contributed by atoms with van der Waals surface area (Å²) in [5, 5.41) is 9.61. The summed E-state index contributed by atoms with van der Waals surface area (Å²) in [6.45, 7) is 2.55. The highest BCUT2D eigenvalue weighted by molar-refractivity contribution is 5.98. The Morgan fingerprint density at radius 1 is 1.42 bits per heavy atom. The van der Waals surface area contributed by atoms with Crippen molar-refractivity contribution in [3.63, 3.8) is 0 Å². The molecule has 3 rings (SSSR count). The molecule has 1 saturated heterocycles. The van der Waals surface area contributed by atoms with Crippen LogP contribution in [0.2, 0.25) is 0 Å². The van der Waals surface area contributed by atoms with Gasteiger partial charge in [-0.2, -0.15) is 0 Å². The van der Waals surface area contributed by atoms with E-state index in [9.17, 15) is 14.7 Å². The van der Waals surface area contributed by atoms with Crippen LogP contribution in [0, 0.1) is 0 Å². The second kappa shape index (κ2) is 7.00. The molecule has 0 saturated carbocycles. The Bertz CT molecular complexity index is 700. The monoisotopic (exact) mass is 365 g/mol. The highest BCUT2D eigenvalue weighted by Gasteiger charge is 2.40. The molecular formula is C17H23N3O6. The summed E-state index contributed by atoms with van der Waals surface area (Å²) >= 11 is 0. The van der Waals surface area contributed by atoms with Gasteiger partial charge in [0.15, 0.2) is 0 Å². The van der Waals surface area contributed by atoms with Crippen LogP contribution in [0.5, 0.6) is 11.5 Å². The van der Waals surface area contributed by atoms with Crippen molar-refractivity contribution in [3.8, 4) is 11.5 Å². The predicted molar refractivity (Wildman–Crippen MR) is 92.4 cm³/mol. The van der Waals surface area contributed by atoms with Crippen LogP contribution in [0.1, 0.15) is 6.92 Å². The molecule has 9 heteroatoms. The Labute approximate surface area is 151 Å². The van der Waals surface area contributed by atoms with Crippen molar-refractivity contribution >= 4 is 17.7 Å².